The van der Waals surface area contributed by atoms with Crippen molar-refractivity contribution in [3.8, 4) is 0 Å². The van der Waals surface area contributed by atoms with Gasteiger partial charge in [0, 0.05) is 5.92 Å². The Morgan fingerprint density at radius 3 is 2.35 bits per heavy atom. The number of allylic oxidation sites excluding steroid dienone is 1. The molecule has 0 saturated heterocycles. The number of hydrogen-bond donors (Lipinski definition) is 0. The number of aryl methyl sites for hydroxylation is 1. The number of rotatable bonds is 9. The van der Waals surface area contributed by atoms with Gasteiger partial charge < -0.3 is 0 Å². The van der Waals surface area contributed by atoms with Crippen LogP contribution in [0, 0.1) is 6.92 Å². The molecule has 0 aliphatic heterocycles. The lowest BCUT2D eigenvalue weighted by Crippen LogP contribution is -1.99. The highest BCUT2D eigenvalue weighted by atomic mass is 35.5. The molecule has 0 spiro atoms. The summed E-state index contributed by atoms with van der Waals surface area (Å²) in [5, 5.41) is 0. The van der Waals surface area contributed by atoms with Crippen LogP contribution in [0.2, 0.25) is 0 Å². The highest BCUT2D eigenvalue weighted by Gasteiger charge is 2.11. The standard InChI is InChI=1S/C18H26Cl2/c1-3-4-5-6-7-8-12-16(14-18(19)20)17-13-10-9-11-15(17)2/h9-11,13-14,16H,3-8,12H2,1-2H3. The summed E-state index contributed by atoms with van der Waals surface area (Å²) in [6, 6.07) is 8.50. The van der Waals surface area contributed by atoms with Crippen molar-refractivity contribution in [3.63, 3.8) is 0 Å². The molecule has 0 aromatic heterocycles. The van der Waals surface area contributed by atoms with E-state index in [4.69, 9.17) is 23.2 Å². The third kappa shape index (κ3) is 6.81. The third-order valence-corrected chi connectivity index (χ3v) is 4.04. The summed E-state index contributed by atoms with van der Waals surface area (Å²) in [5.74, 6) is 0.340. The van der Waals surface area contributed by atoms with E-state index in [0.29, 0.717) is 10.4 Å². The predicted octanol–water partition coefficient (Wildman–Crippen LogP) is 7.15. The number of hydrogen-bond acceptors (Lipinski definition) is 0. The molecule has 112 valence electrons. The molecule has 0 N–H and O–H groups in total. The molecule has 0 aliphatic carbocycles. The van der Waals surface area contributed by atoms with Gasteiger partial charge in [-0.2, -0.15) is 0 Å². The molecular formula is C18H26Cl2. The normalized spacial score (nSPS) is 12.2. The van der Waals surface area contributed by atoms with Gasteiger partial charge in [0.05, 0.1) is 0 Å². The maximum atomic E-state index is 5.88. The van der Waals surface area contributed by atoms with Crippen LogP contribution in [0.25, 0.3) is 0 Å². The minimum Gasteiger partial charge on any atom is -0.0712 e. The molecule has 20 heavy (non-hydrogen) atoms. The van der Waals surface area contributed by atoms with E-state index in [2.05, 4.69) is 38.1 Å². The van der Waals surface area contributed by atoms with Crippen LogP contribution in [-0.2, 0) is 0 Å². The van der Waals surface area contributed by atoms with Crippen LogP contribution in [0.1, 0.15) is 68.9 Å². The van der Waals surface area contributed by atoms with Gasteiger partial charge in [-0.05, 0) is 30.5 Å². The van der Waals surface area contributed by atoms with Crippen molar-refractivity contribution in [2.75, 3.05) is 0 Å². The van der Waals surface area contributed by atoms with Crippen LogP contribution in [0.15, 0.2) is 34.8 Å². The molecule has 1 atom stereocenters. The van der Waals surface area contributed by atoms with Gasteiger partial charge in [-0.25, -0.2) is 0 Å². The SMILES string of the molecule is CCCCCCCCC(C=C(Cl)Cl)c1ccccc1C. The maximum Gasteiger partial charge on any atom is 0.103 e. The van der Waals surface area contributed by atoms with Gasteiger partial charge in [-0.1, -0.05) is 92.9 Å². The van der Waals surface area contributed by atoms with Gasteiger partial charge in [-0.3, -0.25) is 0 Å². The number of benzene rings is 1. The average molecular weight is 313 g/mol. The molecule has 1 aromatic rings. The van der Waals surface area contributed by atoms with E-state index in [-0.39, 0.29) is 0 Å². The van der Waals surface area contributed by atoms with E-state index < -0.39 is 0 Å². The van der Waals surface area contributed by atoms with Gasteiger partial charge in [0.2, 0.25) is 0 Å². The lowest BCUT2D eigenvalue weighted by atomic mass is 9.90. The van der Waals surface area contributed by atoms with E-state index in [1.165, 1.54) is 49.7 Å². The molecule has 2 heteroatoms. The summed E-state index contributed by atoms with van der Waals surface area (Å²) >= 11 is 11.8. The highest BCUT2D eigenvalue weighted by molar-refractivity contribution is 6.55. The first kappa shape index (κ1) is 17.6. The lowest BCUT2D eigenvalue weighted by Gasteiger charge is -2.16. The van der Waals surface area contributed by atoms with Crippen LogP contribution < -0.4 is 0 Å². The summed E-state index contributed by atoms with van der Waals surface area (Å²) in [4.78, 5) is 0. The van der Waals surface area contributed by atoms with Gasteiger partial charge in [-0.15, -0.1) is 0 Å². The first-order valence-corrected chi connectivity index (χ1v) is 8.49. The van der Waals surface area contributed by atoms with Crippen LogP contribution in [0.5, 0.6) is 0 Å². The lowest BCUT2D eigenvalue weighted by molar-refractivity contribution is 0.572. The summed E-state index contributed by atoms with van der Waals surface area (Å²) < 4.78 is 0.379. The summed E-state index contributed by atoms with van der Waals surface area (Å²) in [6.07, 6.45) is 11.0. The zero-order chi connectivity index (χ0) is 14.8. The molecule has 0 fully saturated rings. The molecule has 0 saturated carbocycles. The molecular weight excluding hydrogens is 287 g/mol. The quantitative estimate of drug-likeness (QED) is 0.425. The fourth-order valence-electron chi connectivity index (χ4n) is 2.63. The second-order valence-electron chi connectivity index (χ2n) is 5.48. The Balaban J connectivity index is 2.54. The smallest absolute Gasteiger partial charge is 0.0712 e. The van der Waals surface area contributed by atoms with E-state index >= 15 is 0 Å². The molecule has 0 radical (unpaired) electrons. The van der Waals surface area contributed by atoms with Crippen LogP contribution in [0.4, 0.5) is 0 Å². The number of unbranched alkanes of at least 4 members (excludes halogenated alkanes) is 5. The fourth-order valence-corrected chi connectivity index (χ4v) is 2.93. The molecule has 0 amide bonds. The minimum atomic E-state index is 0.340. The zero-order valence-electron chi connectivity index (χ0n) is 12.7. The van der Waals surface area contributed by atoms with Crippen LogP contribution in [0.3, 0.4) is 0 Å². The molecule has 0 bridgehead atoms. The minimum absolute atomic E-state index is 0.340. The van der Waals surface area contributed by atoms with Gasteiger partial charge >= 0.3 is 0 Å². The second kappa shape index (κ2) is 10.3. The highest BCUT2D eigenvalue weighted by Crippen LogP contribution is 2.29. The van der Waals surface area contributed by atoms with Crippen molar-refractivity contribution >= 4 is 23.2 Å². The van der Waals surface area contributed by atoms with E-state index in [1.54, 1.807) is 0 Å². The van der Waals surface area contributed by atoms with Crippen molar-refractivity contribution in [1.82, 2.24) is 0 Å². The third-order valence-electron chi connectivity index (χ3n) is 3.78. The zero-order valence-corrected chi connectivity index (χ0v) is 14.2. The average Bonchev–Trinajstić information content (AvgIpc) is 2.41. The second-order valence-corrected chi connectivity index (χ2v) is 6.48. The maximum absolute atomic E-state index is 5.88. The first-order chi connectivity index (χ1) is 9.65. The Bertz CT molecular complexity index is 406. The molecule has 0 nitrogen and oxygen atoms in total. The van der Waals surface area contributed by atoms with E-state index in [1.807, 2.05) is 6.08 Å². The molecule has 1 aromatic carbocycles. The van der Waals surface area contributed by atoms with Crippen molar-refractivity contribution < 1.29 is 0 Å². The summed E-state index contributed by atoms with van der Waals surface area (Å²) in [7, 11) is 0. The molecule has 0 aliphatic rings. The predicted molar refractivity (Wildman–Crippen MR) is 91.7 cm³/mol. The Hall–Kier alpha value is -0.460. The Labute approximate surface area is 134 Å². The molecule has 1 rings (SSSR count). The van der Waals surface area contributed by atoms with Crippen molar-refractivity contribution in [3.05, 3.63) is 46.0 Å². The van der Waals surface area contributed by atoms with Crippen molar-refractivity contribution in [2.45, 2.75) is 64.7 Å². The van der Waals surface area contributed by atoms with Crippen LogP contribution >= 0.6 is 23.2 Å². The largest absolute Gasteiger partial charge is 0.103 e. The Morgan fingerprint density at radius 2 is 1.70 bits per heavy atom. The fraction of sp³-hybridized carbons (Fsp3) is 0.556. The van der Waals surface area contributed by atoms with E-state index in [9.17, 15) is 0 Å². The summed E-state index contributed by atoms with van der Waals surface area (Å²) in [5.41, 5.74) is 2.66. The van der Waals surface area contributed by atoms with Gasteiger partial charge in [0.15, 0.2) is 0 Å². The van der Waals surface area contributed by atoms with Gasteiger partial charge in [0.1, 0.15) is 4.49 Å². The molecule has 1 unspecified atom stereocenters. The van der Waals surface area contributed by atoms with Gasteiger partial charge in [0.25, 0.3) is 0 Å². The Kier molecular flexibility index (Phi) is 9.05. The van der Waals surface area contributed by atoms with Crippen molar-refractivity contribution in [2.24, 2.45) is 0 Å². The topological polar surface area (TPSA) is 0 Å². The Morgan fingerprint density at radius 1 is 1.05 bits per heavy atom. The molecule has 0 heterocycles. The summed E-state index contributed by atoms with van der Waals surface area (Å²) in [6.45, 7) is 4.40. The number of halogens is 2. The first-order valence-electron chi connectivity index (χ1n) is 7.73. The van der Waals surface area contributed by atoms with E-state index in [0.717, 1.165) is 6.42 Å². The van der Waals surface area contributed by atoms with Crippen LogP contribution in [-0.4, -0.2) is 0 Å². The van der Waals surface area contributed by atoms with Crippen molar-refractivity contribution in [1.29, 1.82) is 0 Å². The monoisotopic (exact) mass is 312 g/mol.